The maximum absolute atomic E-state index is 10.5. The summed E-state index contributed by atoms with van der Waals surface area (Å²) >= 11 is 0. The Bertz CT molecular complexity index is 581. The van der Waals surface area contributed by atoms with E-state index >= 15 is 0 Å². The number of benzene rings is 1. The van der Waals surface area contributed by atoms with Crippen molar-refractivity contribution in [2.24, 2.45) is 0 Å². The van der Waals surface area contributed by atoms with E-state index in [1.54, 1.807) is 6.20 Å². The van der Waals surface area contributed by atoms with Gasteiger partial charge in [-0.15, -0.1) is 0 Å². The molecule has 4 heteroatoms. The fourth-order valence-corrected chi connectivity index (χ4v) is 2.22. The van der Waals surface area contributed by atoms with E-state index in [0.717, 1.165) is 16.5 Å². The van der Waals surface area contributed by atoms with E-state index in [2.05, 4.69) is 62.3 Å². The molecule has 1 atom stereocenters. The minimum atomic E-state index is -0.534. The lowest BCUT2D eigenvalue weighted by molar-refractivity contribution is 0.164. The standard InChI is InChI=1S/C16H25N3O/c1-10(2)11-6-12(13-8-18-19-14(13)7-11)15(20)9-17-16(3,4)5/h6-8,10,15,17,20H,9H2,1-5H3,(H,18,19)/t15-/m0/s1. The maximum atomic E-state index is 10.5. The van der Waals surface area contributed by atoms with Crippen molar-refractivity contribution in [3.05, 3.63) is 29.5 Å². The number of aromatic amines is 1. The van der Waals surface area contributed by atoms with Gasteiger partial charge < -0.3 is 10.4 Å². The topological polar surface area (TPSA) is 60.9 Å². The number of aromatic nitrogens is 2. The summed E-state index contributed by atoms with van der Waals surface area (Å²) in [7, 11) is 0. The van der Waals surface area contributed by atoms with Crippen molar-refractivity contribution in [1.82, 2.24) is 15.5 Å². The molecule has 1 heterocycles. The van der Waals surface area contributed by atoms with Crippen LogP contribution in [0.5, 0.6) is 0 Å². The molecule has 0 amide bonds. The average Bonchev–Trinajstić information content (AvgIpc) is 2.81. The van der Waals surface area contributed by atoms with Crippen LogP contribution in [0, 0.1) is 0 Å². The fraction of sp³-hybridized carbons (Fsp3) is 0.562. The number of fused-ring (bicyclic) bond motifs is 1. The number of nitrogens with one attached hydrogen (secondary N) is 2. The lowest BCUT2D eigenvalue weighted by atomic mass is 9.95. The zero-order chi connectivity index (χ0) is 14.9. The van der Waals surface area contributed by atoms with Gasteiger partial charge in [0.05, 0.1) is 17.8 Å². The van der Waals surface area contributed by atoms with Gasteiger partial charge in [-0.2, -0.15) is 5.10 Å². The van der Waals surface area contributed by atoms with Gasteiger partial charge in [0.15, 0.2) is 0 Å². The first kappa shape index (κ1) is 15.0. The molecule has 0 saturated heterocycles. The molecule has 0 aliphatic rings. The third-order valence-electron chi connectivity index (χ3n) is 3.46. The number of β-amino-alcohol motifs (C(OH)–C–C–N with tert-alkyl or cyclic N) is 1. The maximum Gasteiger partial charge on any atom is 0.0921 e. The number of aliphatic hydroxyl groups excluding tert-OH is 1. The number of hydrogen-bond donors (Lipinski definition) is 3. The smallest absolute Gasteiger partial charge is 0.0921 e. The van der Waals surface area contributed by atoms with Crippen LogP contribution < -0.4 is 5.32 Å². The summed E-state index contributed by atoms with van der Waals surface area (Å²) in [5.74, 6) is 0.421. The highest BCUT2D eigenvalue weighted by atomic mass is 16.3. The number of H-pyrrole nitrogens is 1. The molecule has 0 spiro atoms. The van der Waals surface area contributed by atoms with Crippen LogP contribution in [0.3, 0.4) is 0 Å². The largest absolute Gasteiger partial charge is 0.387 e. The van der Waals surface area contributed by atoms with Gasteiger partial charge in [-0.05, 0) is 43.9 Å². The molecule has 0 saturated carbocycles. The van der Waals surface area contributed by atoms with Crippen molar-refractivity contribution in [3.8, 4) is 0 Å². The molecule has 2 aromatic rings. The Morgan fingerprint density at radius 1 is 1.30 bits per heavy atom. The molecule has 0 radical (unpaired) electrons. The van der Waals surface area contributed by atoms with Crippen LogP contribution in [-0.2, 0) is 0 Å². The van der Waals surface area contributed by atoms with Crippen LogP contribution in [0.2, 0.25) is 0 Å². The Morgan fingerprint density at radius 2 is 2.00 bits per heavy atom. The lowest BCUT2D eigenvalue weighted by Gasteiger charge is -2.23. The minimum Gasteiger partial charge on any atom is -0.387 e. The van der Waals surface area contributed by atoms with Crippen LogP contribution in [0.15, 0.2) is 18.3 Å². The second-order valence-electron chi connectivity index (χ2n) is 6.74. The number of nitrogens with zero attached hydrogens (tertiary/aromatic N) is 1. The summed E-state index contributed by atoms with van der Waals surface area (Å²) in [6.45, 7) is 11.1. The molecule has 0 aliphatic carbocycles. The van der Waals surface area contributed by atoms with Crippen molar-refractivity contribution in [2.75, 3.05) is 6.54 Å². The summed E-state index contributed by atoms with van der Waals surface area (Å²) in [6.07, 6.45) is 1.25. The first-order valence-corrected chi connectivity index (χ1v) is 7.18. The molecule has 1 aromatic carbocycles. The molecule has 2 rings (SSSR count). The third-order valence-corrected chi connectivity index (χ3v) is 3.46. The second kappa shape index (κ2) is 5.54. The van der Waals surface area contributed by atoms with Gasteiger partial charge in [0.25, 0.3) is 0 Å². The Balaban J connectivity index is 2.34. The normalized spacial score (nSPS) is 14.2. The van der Waals surface area contributed by atoms with Crippen LogP contribution in [0.1, 0.15) is 57.8 Å². The predicted molar refractivity (Wildman–Crippen MR) is 82.9 cm³/mol. The van der Waals surface area contributed by atoms with Crippen molar-refractivity contribution >= 4 is 10.9 Å². The molecule has 0 aliphatic heterocycles. The van der Waals surface area contributed by atoms with Gasteiger partial charge in [-0.1, -0.05) is 19.9 Å². The van der Waals surface area contributed by atoms with E-state index in [0.29, 0.717) is 12.5 Å². The van der Waals surface area contributed by atoms with Crippen molar-refractivity contribution in [1.29, 1.82) is 0 Å². The van der Waals surface area contributed by atoms with Crippen LogP contribution >= 0.6 is 0 Å². The summed E-state index contributed by atoms with van der Waals surface area (Å²) in [6, 6.07) is 4.21. The number of rotatable bonds is 4. The quantitative estimate of drug-likeness (QED) is 0.803. The summed E-state index contributed by atoms with van der Waals surface area (Å²) in [4.78, 5) is 0. The first-order valence-electron chi connectivity index (χ1n) is 7.18. The van der Waals surface area contributed by atoms with Crippen LogP contribution in [0.4, 0.5) is 0 Å². The van der Waals surface area contributed by atoms with Crippen LogP contribution in [-0.4, -0.2) is 27.4 Å². The van der Waals surface area contributed by atoms with Gasteiger partial charge in [-0.25, -0.2) is 0 Å². The monoisotopic (exact) mass is 275 g/mol. The Labute approximate surface area is 120 Å². The lowest BCUT2D eigenvalue weighted by Crippen LogP contribution is -2.38. The summed E-state index contributed by atoms with van der Waals surface area (Å²) < 4.78 is 0. The predicted octanol–water partition coefficient (Wildman–Crippen LogP) is 3.11. The van der Waals surface area contributed by atoms with Gasteiger partial charge in [0, 0.05) is 17.5 Å². The molecular weight excluding hydrogens is 250 g/mol. The van der Waals surface area contributed by atoms with E-state index in [4.69, 9.17) is 0 Å². The molecule has 0 fully saturated rings. The Kier molecular flexibility index (Phi) is 4.16. The number of hydrogen-bond acceptors (Lipinski definition) is 3. The second-order valence-corrected chi connectivity index (χ2v) is 6.74. The highest BCUT2D eigenvalue weighted by Gasteiger charge is 2.17. The zero-order valence-corrected chi connectivity index (χ0v) is 13.0. The van der Waals surface area contributed by atoms with Crippen molar-refractivity contribution in [2.45, 2.75) is 52.2 Å². The van der Waals surface area contributed by atoms with E-state index < -0.39 is 6.10 Å². The Hall–Kier alpha value is -1.39. The molecule has 20 heavy (non-hydrogen) atoms. The van der Waals surface area contributed by atoms with Gasteiger partial charge in [-0.3, -0.25) is 5.10 Å². The molecule has 1 aromatic heterocycles. The molecule has 110 valence electrons. The zero-order valence-electron chi connectivity index (χ0n) is 13.0. The first-order chi connectivity index (χ1) is 9.28. The summed E-state index contributed by atoms with van der Waals surface area (Å²) in [5.41, 5.74) is 3.14. The molecule has 0 unspecified atom stereocenters. The third kappa shape index (κ3) is 3.38. The van der Waals surface area contributed by atoms with Crippen molar-refractivity contribution in [3.63, 3.8) is 0 Å². The minimum absolute atomic E-state index is 0.00779. The molecule has 4 nitrogen and oxygen atoms in total. The van der Waals surface area contributed by atoms with Gasteiger partial charge in [0.2, 0.25) is 0 Å². The average molecular weight is 275 g/mol. The fourth-order valence-electron chi connectivity index (χ4n) is 2.22. The van der Waals surface area contributed by atoms with Crippen molar-refractivity contribution < 1.29 is 5.11 Å². The van der Waals surface area contributed by atoms with E-state index in [1.807, 2.05) is 0 Å². The highest BCUT2D eigenvalue weighted by Crippen LogP contribution is 2.28. The van der Waals surface area contributed by atoms with E-state index in [1.165, 1.54) is 5.56 Å². The molecular formula is C16H25N3O. The highest BCUT2D eigenvalue weighted by molar-refractivity contribution is 5.83. The van der Waals surface area contributed by atoms with E-state index in [9.17, 15) is 5.11 Å². The van der Waals surface area contributed by atoms with Gasteiger partial charge >= 0.3 is 0 Å². The SMILES string of the molecule is CC(C)c1cc([C@@H](O)CNC(C)(C)C)c2cn[nH]c2c1. The van der Waals surface area contributed by atoms with E-state index in [-0.39, 0.29) is 5.54 Å². The molecule has 3 N–H and O–H groups in total. The molecule has 0 bridgehead atoms. The summed E-state index contributed by atoms with van der Waals surface area (Å²) in [5, 5.41) is 21.9. The number of aliphatic hydroxyl groups is 1. The Morgan fingerprint density at radius 3 is 2.60 bits per heavy atom. The van der Waals surface area contributed by atoms with Gasteiger partial charge in [0.1, 0.15) is 0 Å². The van der Waals surface area contributed by atoms with Crippen LogP contribution in [0.25, 0.3) is 10.9 Å².